The summed E-state index contributed by atoms with van der Waals surface area (Å²) in [7, 11) is 0. The minimum Gasteiger partial charge on any atom is -0.0651 e. The molecule has 18 heavy (non-hydrogen) atoms. The number of hydrogen-bond acceptors (Lipinski definition) is 0. The summed E-state index contributed by atoms with van der Waals surface area (Å²) in [5, 5.41) is 0. The van der Waals surface area contributed by atoms with Gasteiger partial charge in [0.15, 0.2) is 0 Å². The molecular weight excluding hydrogens is 216 g/mol. The number of unbranched alkanes of at least 4 members (excludes halogenated alkanes) is 1. The summed E-state index contributed by atoms with van der Waals surface area (Å²) >= 11 is 0. The van der Waals surface area contributed by atoms with Crippen LogP contribution < -0.4 is 0 Å². The predicted octanol–water partition coefficient (Wildman–Crippen LogP) is 6.45. The van der Waals surface area contributed by atoms with E-state index < -0.39 is 0 Å². The molecule has 0 heterocycles. The van der Waals surface area contributed by atoms with Crippen molar-refractivity contribution in [1.82, 2.24) is 0 Å². The minimum atomic E-state index is 0.723. The van der Waals surface area contributed by atoms with Crippen LogP contribution >= 0.6 is 0 Å². The van der Waals surface area contributed by atoms with Crippen LogP contribution in [0.3, 0.4) is 0 Å². The normalized spacial score (nSPS) is 30.8. The highest BCUT2D eigenvalue weighted by molar-refractivity contribution is 4.89. The Balaban J connectivity index is 2.02. The zero-order valence-corrected chi connectivity index (χ0v) is 13.6. The second-order valence-electron chi connectivity index (χ2n) is 7.59. The van der Waals surface area contributed by atoms with Gasteiger partial charge in [0.25, 0.3) is 0 Å². The predicted molar refractivity (Wildman–Crippen MR) is 82.8 cm³/mol. The SMILES string of the molecule is CCC(C)CC(C)CCCCC1(C)CC(CC)C1. The van der Waals surface area contributed by atoms with E-state index in [9.17, 15) is 0 Å². The van der Waals surface area contributed by atoms with Gasteiger partial charge >= 0.3 is 0 Å². The highest BCUT2D eigenvalue weighted by atomic mass is 14.4. The molecule has 0 amide bonds. The Bertz CT molecular complexity index is 212. The Hall–Kier alpha value is 0. The van der Waals surface area contributed by atoms with Gasteiger partial charge in [-0.05, 0) is 48.9 Å². The molecule has 0 aromatic rings. The van der Waals surface area contributed by atoms with Crippen LogP contribution in [0.2, 0.25) is 0 Å². The molecule has 0 N–H and O–H groups in total. The third-order valence-corrected chi connectivity index (χ3v) is 5.37. The molecule has 0 radical (unpaired) electrons. The molecule has 0 nitrogen and oxygen atoms in total. The maximum absolute atomic E-state index is 2.52. The fourth-order valence-corrected chi connectivity index (χ4v) is 3.84. The summed E-state index contributed by atoms with van der Waals surface area (Å²) in [4.78, 5) is 0. The van der Waals surface area contributed by atoms with Crippen molar-refractivity contribution < 1.29 is 0 Å². The van der Waals surface area contributed by atoms with E-state index in [1.807, 2.05) is 0 Å². The molecule has 0 bridgehead atoms. The van der Waals surface area contributed by atoms with E-state index in [1.165, 1.54) is 57.8 Å². The molecule has 108 valence electrons. The van der Waals surface area contributed by atoms with E-state index >= 15 is 0 Å². The lowest BCUT2D eigenvalue weighted by Gasteiger charge is -2.45. The molecule has 0 aromatic heterocycles. The van der Waals surface area contributed by atoms with E-state index in [0.29, 0.717) is 0 Å². The first-order valence-corrected chi connectivity index (χ1v) is 8.49. The van der Waals surface area contributed by atoms with Crippen molar-refractivity contribution in [2.45, 2.75) is 92.4 Å². The lowest BCUT2D eigenvalue weighted by Crippen LogP contribution is -2.34. The standard InChI is InChI=1S/C18H36/c1-6-15(3)12-16(4)10-8-9-11-18(5)13-17(7-2)14-18/h15-17H,6-14H2,1-5H3. The van der Waals surface area contributed by atoms with Crippen LogP contribution in [0.25, 0.3) is 0 Å². The Morgan fingerprint density at radius 1 is 1.06 bits per heavy atom. The van der Waals surface area contributed by atoms with Crippen molar-refractivity contribution in [1.29, 1.82) is 0 Å². The van der Waals surface area contributed by atoms with Crippen LogP contribution in [0.15, 0.2) is 0 Å². The first kappa shape index (κ1) is 16.1. The second kappa shape index (κ2) is 7.56. The highest BCUT2D eigenvalue weighted by Gasteiger charge is 2.38. The fraction of sp³-hybridized carbons (Fsp3) is 1.00. The van der Waals surface area contributed by atoms with Crippen LogP contribution in [0.5, 0.6) is 0 Å². The molecule has 1 aliphatic carbocycles. The molecule has 1 fully saturated rings. The van der Waals surface area contributed by atoms with Gasteiger partial charge < -0.3 is 0 Å². The summed E-state index contributed by atoms with van der Waals surface area (Å²) in [6, 6.07) is 0. The average Bonchev–Trinajstić information content (AvgIpc) is 2.31. The quantitative estimate of drug-likeness (QED) is 0.414. The maximum atomic E-state index is 2.52. The Morgan fingerprint density at radius 2 is 1.72 bits per heavy atom. The smallest absolute Gasteiger partial charge is 0.0321 e. The third-order valence-electron chi connectivity index (χ3n) is 5.37. The lowest BCUT2D eigenvalue weighted by atomic mass is 9.60. The molecule has 2 unspecified atom stereocenters. The highest BCUT2D eigenvalue weighted by Crippen LogP contribution is 2.50. The van der Waals surface area contributed by atoms with Crippen molar-refractivity contribution in [2.24, 2.45) is 23.2 Å². The molecule has 2 atom stereocenters. The van der Waals surface area contributed by atoms with E-state index in [1.54, 1.807) is 0 Å². The van der Waals surface area contributed by atoms with Gasteiger partial charge in [0, 0.05) is 0 Å². The van der Waals surface area contributed by atoms with Crippen LogP contribution in [0.4, 0.5) is 0 Å². The summed E-state index contributed by atoms with van der Waals surface area (Å²) in [5.74, 6) is 2.92. The van der Waals surface area contributed by atoms with Gasteiger partial charge in [-0.25, -0.2) is 0 Å². The summed E-state index contributed by atoms with van der Waals surface area (Å²) < 4.78 is 0. The van der Waals surface area contributed by atoms with E-state index in [-0.39, 0.29) is 0 Å². The van der Waals surface area contributed by atoms with Gasteiger partial charge in [-0.3, -0.25) is 0 Å². The van der Waals surface area contributed by atoms with Crippen molar-refractivity contribution >= 4 is 0 Å². The molecule has 1 aliphatic rings. The molecule has 0 saturated heterocycles. The van der Waals surface area contributed by atoms with E-state index in [2.05, 4.69) is 34.6 Å². The summed E-state index contributed by atoms with van der Waals surface area (Å²) in [6.45, 7) is 12.0. The molecule has 0 spiro atoms. The van der Waals surface area contributed by atoms with E-state index in [4.69, 9.17) is 0 Å². The van der Waals surface area contributed by atoms with Crippen LogP contribution in [-0.2, 0) is 0 Å². The zero-order chi connectivity index (χ0) is 13.6. The second-order valence-corrected chi connectivity index (χ2v) is 7.59. The number of hydrogen-bond donors (Lipinski definition) is 0. The van der Waals surface area contributed by atoms with Gasteiger partial charge in [-0.15, -0.1) is 0 Å². The molecular formula is C18H36. The largest absolute Gasteiger partial charge is 0.0651 e. The minimum absolute atomic E-state index is 0.723. The van der Waals surface area contributed by atoms with Crippen molar-refractivity contribution in [3.05, 3.63) is 0 Å². The van der Waals surface area contributed by atoms with Crippen molar-refractivity contribution in [3.63, 3.8) is 0 Å². The van der Waals surface area contributed by atoms with Gasteiger partial charge in [0.1, 0.15) is 0 Å². The topological polar surface area (TPSA) is 0 Å². The van der Waals surface area contributed by atoms with Gasteiger partial charge in [-0.2, -0.15) is 0 Å². The maximum Gasteiger partial charge on any atom is -0.0321 e. The Labute approximate surface area is 116 Å². The molecule has 0 aliphatic heterocycles. The summed E-state index contributed by atoms with van der Waals surface area (Å²) in [5.41, 5.74) is 0.723. The first-order chi connectivity index (χ1) is 8.49. The van der Waals surface area contributed by atoms with Crippen LogP contribution in [0.1, 0.15) is 92.4 Å². The van der Waals surface area contributed by atoms with Gasteiger partial charge in [0.05, 0.1) is 0 Å². The Morgan fingerprint density at radius 3 is 2.28 bits per heavy atom. The molecule has 0 aromatic carbocycles. The van der Waals surface area contributed by atoms with Crippen molar-refractivity contribution in [3.8, 4) is 0 Å². The van der Waals surface area contributed by atoms with Crippen LogP contribution in [0, 0.1) is 23.2 Å². The fourth-order valence-electron chi connectivity index (χ4n) is 3.84. The lowest BCUT2D eigenvalue weighted by molar-refractivity contribution is 0.0595. The third kappa shape index (κ3) is 5.33. The first-order valence-electron chi connectivity index (χ1n) is 8.49. The average molecular weight is 252 g/mol. The molecule has 0 heteroatoms. The molecule has 1 saturated carbocycles. The Kier molecular flexibility index (Phi) is 6.74. The van der Waals surface area contributed by atoms with Crippen molar-refractivity contribution in [2.75, 3.05) is 0 Å². The van der Waals surface area contributed by atoms with E-state index in [0.717, 1.165) is 23.2 Å². The zero-order valence-electron chi connectivity index (χ0n) is 13.6. The molecule has 1 rings (SSSR count). The number of rotatable bonds is 9. The summed E-state index contributed by atoms with van der Waals surface area (Å²) in [6.07, 6.45) is 13.1. The van der Waals surface area contributed by atoms with Crippen LogP contribution in [-0.4, -0.2) is 0 Å². The monoisotopic (exact) mass is 252 g/mol. The van der Waals surface area contributed by atoms with Gasteiger partial charge in [-0.1, -0.05) is 66.7 Å². The van der Waals surface area contributed by atoms with Gasteiger partial charge in [0.2, 0.25) is 0 Å².